The molecule has 1 saturated carbocycles. The molecule has 7 nitrogen and oxygen atoms in total. The van der Waals surface area contributed by atoms with E-state index in [-0.39, 0.29) is 23.5 Å². The molecule has 2 aliphatic rings. The van der Waals surface area contributed by atoms with Gasteiger partial charge < -0.3 is 14.8 Å². The van der Waals surface area contributed by atoms with E-state index < -0.39 is 6.61 Å². The van der Waals surface area contributed by atoms with Crippen molar-refractivity contribution in [1.29, 1.82) is 0 Å². The smallest absolute Gasteiger partial charge is 0.388 e. The maximum Gasteiger partial charge on any atom is 0.388 e. The third-order valence-corrected chi connectivity index (χ3v) is 4.02. The molecule has 2 aromatic heterocycles. The first-order chi connectivity index (χ1) is 12.1. The zero-order chi connectivity index (χ0) is 17.4. The van der Waals surface area contributed by atoms with Crippen molar-refractivity contribution < 1.29 is 23.0 Å². The van der Waals surface area contributed by atoms with Crippen LogP contribution in [0.15, 0.2) is 18.3 Å². The minimum Gasteiger partial charge on any atom is -0.477 e. The Morgan fingerprint density at radius 1 is 1.44 bits per heavy atom. The predicted octanol–water partition coefficient (Wildman–Crippen LogP) is 2.22. The highest BCUT2D eigenvalue weighted by molar-refractivity contribution is 6.00. The van der Waals surface area contributed by atoms with Gasteiger partial charge in [-0.1, -0.05) is 0 Å². The summed E-state index contributed by atoms with van der Waals surface area (Å²) >= 11 is 0. The second-order valence-corrected chi connectivity index (χ2v) is 5.96. The number of amides is 1. The highest BCUT2D eigenvalue weighted by Crippen LogP contribution is 2.37. The molecule has 1 aliphatic carbocycles. The predicted molar refractivity (Wildman–Crippen MR) is 82.7 cm³/mol. The van der Waals surface area contributed by atoms with Crippen LogP contribution in [0.1, 0.15) is 29.8 Å². The van der Waals surface area contributed by atoms with Gasteiger partial charge in [0.25, 0.3) is 5.91 Å². The normalized spacial score (nSPS) is 16.3. The van der Waals surface area contributed by atoms with Gasteiger partial charge in [0, 0.05) is 31.3 Å². The van der Waals surface area contributed by atoms with Gasteiger partial charge in [-0.05, 0) is 24.5 Å². The van der Waals surface area contributed by atoms with Gasteiger partial charge >= 0.3 is 6.61 Å². The number of carbonyl (C=O) groups excluding carboxylic acids is 1. The van der Waals surface area contributed by atoms with Gasteiger partial charge in [-0.25, -0.2) is 9.67 Å². The third kappa shape index (κ3) is 3.26. The van der Waals surface area contributed by atoms with Gasteiger partial charge in [0.1, 0.15) is 0 Å². The molecule has 1 N–H and O–H groups in total. The molecule has 9 heteroatoms. The van der Waals surface area contributed by atoms with E-state index in [1.165, 1.54) is 12.3 Å². The number of aromatic nitrogens is 3. The number of aryl methyl sites for hydroxylation is 1. The quantitative estimate of drug-likeness (QED) is 0.895. The first-order valence-corrected chi connectivity index (χ1v) is 8.07. The van der Waals surface area contributed by atoms with Gasteiger partial charge in [-0.3, -0.25) is 4.79 Å². The zero-order valence-electron chi connectivity index (χ0n) is 13.2. The van der Waals surface area contributed by atoms with Crippen LogP contribution in [-0.4, -0.2) is 39.9 Å². The Hall–Kier alpha value is -2.71. The summed E-state index contributed by atoms with van der Waals surface area (Å²) in [4.78, 5) is 16.3. The van der Waals surface area contributed by atoms with Crippen molar-refractivity contribution in [1.82, 2.24) is 20.1 Å². The summed E-state index contributed by atoms with van der Waals surface area (Å²) in [6.45, 7) is -1.84. The topological polar surface area (TPSA) is 78.3 Å². The third-order valence-electron chi connectivity index (χ3n) is 4.02. The van der Waals surface area contributed by atoms with Crippen LogP contribution in [-0.2, 0) is 6.54 Å². The number of nitrogens with one attached hydrogen (secondary N) is 1. The summed E-state index contributed by atoms with van der Waals surface area (Å²) in [5.74, 6) is -0.0608. The van der Waals surface area contributed by atoms with E-state index in [9.17, 15) is 13.6 Å². The van der Waals surface area contributed by atoms with Crippen molar-refractivity contribution in [3.63, 3.8) is 0 Å². The molecule has 0 atom stereocenters. The van der Waals surface area contributed by atoms with Crippen LogP contribution in [0.4, 0.5) is 8.78 Å². The van der Waals surface area contributed by atoms with Crippen molar-refractivity contribution in [3.8, 4) is 22.9 Å². The molecule has 1 aliphatic heterocycles. The van der Waals surface area contributed by atoms with Crippen LogP contribution in [0, 0.1) is 0 Å². The summed E-state index contributed by atoms with van der Waals surface area (Å²) in [5, 5.41) is 7.27. The number of alkyl halides is 2. The summed E-state index contributed by atoms with van der Waals surface area (Å²) in [5.41, 5.74) is 1.19. The molecule has 0 radical (unpaired) electrons. The van der Waals surface area contributed by atoms with E-state index in [0.29, 0.717) is 30.2 Å². The maximum absolute atomic E-state index is 12.6. The number of hydrogen-bond donors (Lipinski definition) is 1. The molecule has 0 bridgehead atoms. The standard InChI is InChI=1S/C16H16F2N4O3/c17-16(18)25-11-8-9(4-5-19-11)12-13(14(23)20-10-2-3-10)21-22-6-1-7-24-15(12)22/h4-5,8,10,16H,1-3,6-7H2,(H,20,23). The fraction of sp³-hybridized carbons (Fsp3) is 0.438. The van der Waals surface area contributed by atoms with E-state index >= 15 is 0 Å². The number of ether oxygens (including phenoxy) is 2. The molecule has 0 saturated heterocycles. The van der Waals surface area contributed by atoms with Crippen molar-refractivity contribution in [2.24, 2.45) is 0 Å². The molecule has 2 aromatic rings. The summed E-state index contributed by atoms with van der Waals surface area (Å²) in [6, 6.07) is 3.15. The van der Waals surface area contributed by atoms with Crippen LogP contribution < -0.4 is 14.8 Å². The van der Waals surface area contributed by atoms with Crippen LogP contribution in [0.5, 0.6) is 11.8 Å². The SMILES string of the molecule is O=C(NC1CC1)c1nn2c(c1-c1ccnc(OC(F)F)c1)OCCC2. The zero-order valence-corrected chi connectivity index (χ0v) is 13.2. The molecule has 25 heavy (non-hydrogen) atoms. The van der Waals surface area contributed by atoms with Crippen LogP contribution in [0.2, 0.25) is 0 Å². The number of pyridine rings is 1. The van der Waals surface area contributed by atoms with E-state index in [2.05, 4.69) is 20.1 Å². The van der Waals surface area contributed by atoms with Gasteiger partial charge in [0.2, 0.25) is 11.8 Å². The molecular weight excluding hydrogens is 334 g/mol. The van der Waals surface area contributed by atoms with Crippen molar-refractivity contribution in [2.45, 2.75) is 38.5 Å². The monoisotopic (exact) mass is 350 g/mol. The van der Waals surface area contributed by atoms with Crippen LogP contribution in [0.25, 0.3) is 11.1 Å². The Bertz CT molecular complexity index is 805. The Morgan fingerprint density at radius 2 is 2.28 bits per heavy atom. The number of halogens is 2. The van der Waals surface area contributed by atoms with Crippen LogP contribution in [0.3, 0.4) is 0 Å². The van der Waals surface area contributed by atoms with E-state index in [0.717, 1.165) is 19.3 Å². The fourth-order valence-electron chi connectivity index (χ4n) is 2.75. The van der Waals surface area contributed by atoms with E-state index in [1.54, 1.807) is 10.7 Å². The van der Waals surface area contributed by atoms with Gasteiger partial charge in [0.05, 0.1) is 12.2 Å². The molecular formula is C16H16F2N4O3. The number of carbonyl (C=O) groups is 1. The molecule has 1 fully saturated rings. The van der Waals surface area contributed by atoms with Crippen molar-refractivity contribution >= 4 is 5.91 Å². The molecule has 0 unspecified atom stereocenters. The van der Waals surface area contributed by atoms with E-state index in [1.807, 2.05) is 0 Å². The Balaban J connectivity index is 1.76. The number of hydrogen-bond acceptors (Lipinski definition) is 5. The number of nitrogens with zero attached hydrogens (tertiary/aromatic N) is 3. The second-order valence-electron chi connectivity index (χ2n) is 5.96. The summed E-state index contributed by atoms with van der Waals surface area (Å²) in [7, 11) is 0. The molecule has 1 amide bonds. The highest BCUT2D eigenvalue weighted by Gasteiger charge is 2.31. The minimum atomic E-state index is -2.97. The Labute approximate surface area is 141 Å². The fourth-order valence-corrected chi connectivity index (χ4v) is 2.75. The lowest BCUT2D eigenvalue weighted by molar-refractivity contribution is -0.0528. The molecule has 0 aromatic carbocycles. The van der Waals surface area contributed by atoms with Crippen LogP contribution >= 0.6 is 0 Å². The van der Waals surface area contributed by atoms with Gasteiger partial charge in [-0.15, -0.1) is 0 Å². The largest absolute Gasteiger partial charge is 0.477 e. The number of rotatable bonds is 5. The number of fused-ring (bicyclic) bond motifs is 1. The van der Waals surface area contributed by atoms with Gasteiger partial charge in [0.15, 0.2) is 5.69 Å². The molecule has 3 heterocycles. The Kier molecular flexibility index (Phi) is 3.98. The molecule has 0 spiro atoms. The van der Waals surface area contributed by atoms with E-state index in [4.69, 9.17) is 4.74 Å². The average molecular weight is 350 g/mol. The van der Waals surface area contributed by atoms with Crippen molar-refractivity contribution in [3.05, 3.63) is 24.0 Å². The first kappa shape index (κ1) is 15.8. The summed E-state index contributed by atoms with van der Waals surface area (Å²) < 4.78 is 36.6. The maximum atomic E-state index is 12.6. The first-order valence-electron chi connectivity index (χ1n) is 8.07. The molecule has 4 rings (SSSR count). The summed E-state index contributed by atoms with van der Waals surface area (Å²) in [6.07, 6.45) is 4.04. The average Bonchev–Trinajstić information content (AvgIpc) is 3.31. The lowest BCUT2D eigenvalue weighted by Crippen LogP contribution is -2.26. The van der Waals surface area contributed by atoms with Gasteiger partial charge in [-0.2, -0.15) is 13.9 Å². The lowest BCUT2D eigenvalue weighted by Gasteiger charge is -2.16. The lowest BCUT2D eigenvalue weighted by atomic mass is 10.1. The minimum absolute atomic E-state index is 0.176. The second kappa shape index (κ2) is 6.30. The molecule has 132 valence electrons. The Morgan fingerprint density at radius 3 is 3.04 bits per heavy atom. The highest BCUT2D eigenvalue weighted by atomic mass is 19.3. The van der Waals surface area contributed by atoms with Crippen molar-refractivity contribution in [2.75, 3.05) is 6.61 Å².